The zero-order valence-corrected chi connectivity index (χ0v) is 74.3. The predicted molar refractivity (Wildman–Crippen MR) is 579 cm³/mol. The van der Waals surface area contributed by atoms with Crippen molar-refractivity contribution in [1.29, 1.82) is 0 Å². The summed E-state index contributed by atoms with van der Waals surface area (Å²) in [5.41, 5.74) is 54.7. The van der Waals surface area contributed by atoms with E-state index in [0.29, 0.717) is 0 Å². The van der Waals surface area contributed by atoms with Gasteiger partial charge in [0.2, 0.25) is 0 Å². The fourth-order valence-corrected chi connectivity index (χ4v) is 27.5. The van der Waals surface area contributed by atoms with Gasteiger partial charge < -0.3 is 41.8 Å². The molecular weight excluding hydrogens is 1670 g/mol. The summed E-state index contributed by atoms with van der Waals surface area (Å²) in [5.74, 6) is 0. The first-order chi connectivity index (χ1) is 68.6. The van der Waals surface area contributed by atoms with Crippen LogP contribution < -0.4 is 47.2 Å². The maximum absolute atomic E-state index is 2.63. The third-order valence-corrected chi connectivity index (χ3v) is 32.4. The van der Waals surface area contributed by atoms with Crippen molar-refractivity contribution in [2.75, 3.05) is 14.4 Å². The number of fused-ring (bicyclic) bond motifs is 41. The molecule has 0 atom stereocenters. The molecule has 9 aliphatic heterocycles. The van der Waals surface area contributed by atoms with Crippen LogP contribution in [0.5, 0.6) is 0 Å². The van der Waals surface area contributed by atoms with Crippen LogP contribution in [-0.2, 0) is 0 Å². The van der Waals surface area contributed by atoms with Gasteiger partial charge in [0, 0.05) is 166 Å². The van der Waals surface area contributed by atoms with E-state index in [-0.39, 0.29) is 20.5 Å². The molecule has 0 amide bonds. The maximum Gasteiger partial charge on any atom is 0.333 e. The van der Waals surface area contributed by atoms with E-state index in [2.05, 4.69) is 479 Å². The smallest absolute Gasteiger partial charge is 0.333 e. The van der Waals surface area contributed by atoms with Crippen LogP contribution >= 0.6 is 0 Å². The highest BCUT2D eigenvalue weighted by Crippen LogP contribution is 2.57. The molecule has 12 heteroatoms. The first-order valence-electron chi connectivity index (χ1n) is 48.2. The third kappa shape index (κ3) is 8.82. The maximum atomic E-state index is 2.63. The molecule has 15 heterocycles. The lowest BCUT2D eigenvalue weighted by Gasteiger charge is -2.46. The summed E-state index contributed by atoms with van der Waals surface area (Å²) in [4.78, 5) is 7.86. The Morgan fingerprint density at radius 2 is 0.391 bits per heavy atom. The molecule has 0 unspecified atom stereocenters. The quantitative estimate of drug-likeness (QED) is 0.166. The summed E-state index contributed by atoms with van der Waals surface area (Å²) in [6.07, 6.45) is 0. The molecule has 0 saturated carbocycles. The Balaban J connectivity index is 0.0000000908. The lowest BCUT2D eigenvalue weighted by molar-refractivity contribution is 1.15. The summed E-state index contributed by atoms with van der Waals surface area (Å²) >= 11 is 0. The SMILES string of the molecule is c1ccc(-n2c3ccccc3c3c2ccc2c4ccc5c6c4n(c23)-c2cccc3c2B6N(c2ccccc2-3)c2ccccc2-5)cc1.c1ccc(-n2c3ccccc3c3cc4c(cc32)c2ccc3c5c2n4-c2cccc4c2B5N(c2ccccc2-4)c2ccccc2-3)cc1.c1ccc(-n2c3ccccc3c3ccc4c5ccc6c7c5n(c4c32)-c2cccc3c2B7N(c2ccccc2-3)c2ccccc2-6)cc1. The van der Waals surface area contributed by atoms with Crippen LogP contribution in [0.3, 0.4) is 0 Å². The van der Waals surface area contributed by atoms with Gasteiger partial charge in [-0.25, -0.2) is 0 Å². The number of anilines is 6. The lowest BCUT2D eigenvalue weighted by atomic mass is 9.41. The monoisotopic (exact) mass is 1740 g/mol. The summed E-state index contributed by atoms with van der Waals surface area (Å²) in [6.45, 7) is 0.314. The average Bonchev–Trinajstić information content (AvgIpc) is 1.43. The average molecular weight is 1740 g/mol. The van der Waals surface area contributed by atoms with Crippen LogP contribution in [0.15, 0.2) is 437 Å². The number of para-hydroxylation sites is 12. The molecular formula is C126H72B3N9. The fourth-order valence-electron chi connectivity index (χ4n) is 27.5. The summed E-state index contributed by atoms with van der Waals surface area (Å²) < 4.78 is 15.2. The Labute approximate surface area is 792 Å². The van der Waals surface area contributed by atoms with Crippen LogP contribution in [0.4, 0.5) is 34.1 Å². The standard InChI is InChI=1S/3C42H24BN3/c1-2-11-25(12-3-1)44-33-17-7-6-15-32(33)38-36(44)24-23-30-31-22-21-29-27-14-5-9-19-35(27)46-34-18-8-4-13-26(34)28-16-10-20-37-39(28)43(46)40(29)42(31)45(37)41(30)38;1-2-11-25(12-3-1)44-34-17-7-4-15-28(34)32-23-39-33(24-38(32)44)31-22-21-30-27-14-6-9-19-36(27)46-35-18-8-5-13-26(35)29-16-10-20-37-40(29)43(46)41(30)42(31)45(37)39;1-2-11-25(12-3-1)44-34-17-7-4-15-28(34)31-23-24-33-32-22-21-30-27-14-6-9-19-36(27)46-35-18-8-5-13-26(35)29-16-10-20-37-38(29)43(46)39(30)40(32)45(37)42(33)41(31)44/h3*1-24H. The topological polar surface area (TPSA) is 39.3 Å². The molecule has 36 rings (SSSR count). The first-order valence-corrected chi connectivity index (χ1v) is 48.2. The zero-order chi connectivity index (χ0) is 89.0. The molecule has 0 saturated heterocycles. The second kappa shape index (κ2) is 26.1. The Morgan fingerprint density at radius 1 is 0.130 bits per heavy atom. The van der Waals surface area contributed by atoms with Gasteiger partial charge in [0.25, 0.3) is 0 Å². The molecule has 9 nitrogen and oxygen atoms in total. The minimum Gasteiger partial charge on any atom is -0.376 e. The van der Waals surface area contributed by atoms with Crippen molar-refractivity contribution in [3.63, 3.8) is 0 Å². The number of hydrogen-bond acceptors (Lipinski definition) is 3. The summed E-state index contributed by atoms with van der Waals surface area (Å²) in [5, 5.41) is 15.6. The zero-order valence-electron chi connectivity index (χ0n) is 74.3. The van der Waals surface area contributed by atoms with Gasteiger partial charge in [-0.3, -0.25) is 0 Å². The van der Waals surface area contributed by atoms with E-state index in [9.17, 15) is 0 Å². The number of benzene rings is 21. The molecule has 0 fully saturated rings. The van der Waals surface area contributed by atoms with Crippen LogP contribution in [-0.4, -0.2) is 47.9 Å². The van der Waals surface area contributed by atoms with E-state index in [4.69, 9.17) is 0 Å². The summed E-state index contributed by atoms with van der Waals surface area (Å²) in [6, 6.07) is 162. The van der Waals surface area contributed by atoms with E-state index in [0.717, 1.165) is 0 Å². The molecule has 138 heavy (non-hydrogen) atoms. The Bertz CT molecular complexity index is 10300. The highest BCUT2D eigenvalue weighted by Gasteiger charge is 2.52. The Hall–Kier alpha value is -18.0. The van der Waals surface area contributed by atoms with Crippen molar-refractivity contribution in [2.24, 2.45) is 0 Å². The van der Waals surface area contributed by atoms with E-state index in [1.807, 2.05) is 0 Å². The molecule has 0 bridgehead atoms. The molecule has 0 N–H and O–H groups in total. The van der Waals surface area contributed by atoms with Gasteiger partial charge in [0.1, 0.15) is 0 Å². The van der Waals surface area contributed by atoms with Crippen LogP contribution in [0.25, 0.3) is 232 Å². The largest absolute Gasteiger partial charge is 0.376 e. The highest BCUT2D eigenvalue weighted by molar-refractivity contribution is 6.97. The first kappa shape index (κ1) is 72.6. The predicted octanol–water partition coefficient (Wildman–Crippen LogP) is 27.3. The van der Waals surface area contributed by atoms with Crippen LogP contribution in [0, 0.1) is 0 Å². The Morgan fingerprint density at radius 3 is 0.833 bits per heavy atom. The van der Waals surface area contributed by atoms with Crippen LogP contribution in [0.2, 0.25) is 0 Å². The van der Waals surface area contributed by atoms with Crippen LogP contribution in [0.1, 0.15) is 0 Å². The van der Waals surface area contributed by atoms with E-state index in [1.165, 1.54) is 299 Å². The van der Waals surface area contributed by atoms with Gasteiger partial charge in [-0.05, 0) is 194 Å². The van der Waals surface area contributed by atoms with Crippen molar-refractivity contribution in [3.8, 4) is 101 Å². The van der Waals surface area contributed by atoms with Crippen molar-refractivity contribution in [2.45, 2.75) is 0 Å². The molecule has 0 aliphatic carbocycles. The van der Waals surface area contributed by atoms with Crippen molar-refractivity contribution in [1.82, 2.24) is 27.4 Å². The van der Waals surface area contributed by atoms with Gasteiger partial charge in [-0.15, -0.1) is 0 Å². The summed E-state index contributed by atoms with van der Waals surface area (Å²) in [7, 11) is 0. The van der Waals surface area contributed by atoms with Gasteiger partial charge >= 0.3 is 20.5 Å². The Kier molecular flexibility index (Phi) is 13.7. The minimum atomic E-state index is 0.0991. The highest BCUT2D eigenvalue weighted by atomic mass is 15.2. The molecule has 0 spiro atoms. The molecule has 27 aromatic rings. The van der Waals surface area contributed by atoms with E-state index in [1.54, 1.807) is 0 Å². The second-order valence-corrected chi connectivity index (χ2v) is 38.6. The number of nitrogens with zero attached hydrogens (tertiary/aromatic N) is 9. The molecule has 630 valence electrons. The molecule has 0 radical (unpaired) electrons. The van der Waals surface area contributed by atoms with Gasteiger partial charge in [-0.1, -0.05) is 309 Å². The lowest BCUT2D eigenvalue weighted by Crippen LogP contribution is -2.62. The number of rotatable bonds is 3. The van der Waals surface area contributed by atoms with Gasteiger partial charge in [0.05, 0.1) is 66.2 Å². The normalized spacial score (nSPS) is 13.6. The molecule has 9 aliphatic rings. The number of hydrogen-bond donors (Lipinski definition) is 0. The third-order valence-electron chi connectivity index (χ3n) is 32.4. The van der Waals surface area contributed by atoms with E-state index >= 15 is 0 Å². The van der Waals surface area contributed by atoms with Gasteiger partial charge in [0.15, 0.2) is 0 Å². The second-order valence-electron chi connectivity index (χ2n) is 38.6. The van der Waals surface area contributed by atoms with Crippen molar-refractivity contribution in [3.05, 3.63) is 437 Å². The fraction of sp³-hybridized carbons (Fsp3) is 0. The number of aromatic nitrogens is 6. The van der Waals surface area contributed by atoms with E-state index < -0.39 is 0 Å². The molecule has 21 aromatic carbocycles. The minimum absolute atomic E-state index is 0.0991. The van der Waals surface area contributed by atoms with Crippen molar-refractivity contribution >= 4 is 218 Å². The van der Waals surface area contributed by atoms with Crippen molar-refractivity contribution < 1.29 is 0 Å². The molecule has 6 aromatic heterocycles. The van der Waals surface area contributed by atoms with Gasteiger partial charge in [-0.2, -0.15) is 0 Å².